The first-order valence-corrected chi connectivity index (χ1v) is 10.1. The molecule has 1 atom stereocenters. The predicted molar refractivity (Wildman–Crippen MR) is 118 cm³/mol. The standard InChI is InChI=1S/C23H22N6O4/c30-20(19-14-24-10-11-26-19)15-28-23(33)29-18(12-16-6-2-1-3-7-16)21(31)22(32)27-13-17-8-4-5-9-25-17/h1-11,14,18H,12-13,15H2,(H,27,32)(H2,28,29,33)/t18-/m1/s1. The summed E-state index contributed by atoms with van der Waals surface area (Å²) in [6, 6.07) is 12.3. The van der Waals surface area contributed by atoms with Gasteiger partial charge in [0.15, 0.2) is 0 Å². The van der Waals surface area contributed by atoms with E-state index < -0.39 is 29.5 Å². The molecule has 0 aliphatic heterocycles. The molecule has 0 saturated heterocycles. The van der Waals surface area contributed by atoms with Gasteiger partial charge in [0.2, 0.25) is 11.6 Å². The van der Waals surface area contributed by atoms with E-state index in [1.807, 2.05) is 6.07 Å². The quantitative estimate of drug-likeness (QED) is 0.309. The summed E-state index contributed by atoms with van der Waals surface area (Å²) >= 11 is 0. The maximum absolute atomic E-state index is 12.8. The van der Waals surface area contributed by atoms with Gasteiger partial charge in [-0.25, -0.2) is 9.78 Å². The van der Waals surface area contributed by atoms with Crippen LogP contribution in [-0.4, -0.2) is 51.0 Å². The van der Waals surface area contributed by atoms with Crippen molar-refractivity contribution in [2.24, 2.45) is 0 Å². The van der Waals surface area contributed by atoms with Gasteiger partial charge in [-0.2, -0.15) is 0 Å². The molecule has 2 heterocycles. The van der Waals surface area contributed by atoms with Crippen LogP contribution in [-0.2, 0) is 22.6 Å². The molecule has 0 bridgehead atoms. The van der Waals surface area contributed by atoms with Crippen molar-refractivity contribution >= 4 is 23.5 Å². The number of rotatable bonds is 10. The molecule has 0 aliphatic carbocycles. The van der Waals surface area contributed by atoms with Crippen LogP contribution in [0.25, 0.3) is 0 Å². The lowest BCUT2D eigenvalue weighted by Crippen LogP contribution is -2.52. The molecule has 0 saturated carbocycles. The number of benzene rings is 1. The Morgan fingerprint density at radius 3 is 2.33 bits per heavy atom. The Bertz CT molecular complexity index is 1090. The molecular weight excluding hydrogens is 424 g/mol. The molecule has 3 aromatic rings. The van der Waals surface area contributed by atoms with Crippen LogP contribution in [0.3, 0.4) is 0 Å². The molecule has 0 unspecified atom stereocenters. The summed E-state index contributed by atoms with van der Waals surface area (Å²) in [4.78, 5) is 61.5. The summed E-state index contributed by atoms with van der Waals surface area (Å²) in [5.74, 6) is -2.11. The van der Waals surface area contributed by atoms with E-state index >= 15 is 0 Å². The highest BCUT2D eigenvalue weighted by molar-refractivity contribution is 6.38. The molecule has 3 amide bonds. The number of hydrogen-bond donors (Lipinski definition) is 3. The van der Waals surface area contributed by atoms with Crippen molar-refractivity contribution < 1.29 is 19.2 Å². The summed E-state index contributed by atoms with van der Waals surface area (Å²) in [5, 5.41) is 7.39. The lowest BCUT2D eigenvalue weighted by atomic mass is 10.0. The third-order valence-corrected chi connectivity index (χ3v) is 4.54. The topological polar surface area (TPSA) is 143 Å². The number of Topliss-reactive ketones (excluding diaryl/α,β-unsaturated/α-hetero) is 2. The van der Waals surface area contributed by atoms with E-state index in [-0.39, 0.29) is 25.2 Å². The number of aromatic nitrogens is 3. The van der Waals surface area contributed by atoms with E-state index in [0.717, 1.165) is 5.56 Å². The van der Waals surface area contributed by atoms with Gasteiger partial charge in [-0.1, -0.05) is 36.4 Å². The van der Waals surface area contributed by atoms with Crippen molar-refractivity contribution in [1.82, 2.24) is 30.9 Å². The first-order chi connectivity index (χ1) is 16.0. The minimum Gasteiger partial charge on any atom is -0.344 e. The molecule has 0 spiro atoms. The van der Waals surface area contributed by atoms with E-state index in [0.29, 0.717) is 5.69 Å². The van der Waals surface area contributed by atoms with Gasteiger partial charge in [-0.3, -0.25) is 24.4 Å². The molecule has 3 N–H and O–H groups in total. The lowest BCUT2D eigenvalue weighted by molar-refractivity contribution is -0.139. The van der Waals surface area contributed by atoms with Gasteiger partial charge in [0.1, 0.15) is 11.7 Å². The molecule has 10 nitrogen and oxygen atoms in total. The fourth-order valence-electron chi connectivity index (χ4n) is 2.88. The number of nitrogens with one attached hydrogen (secondary N) is 3. The van der Waals surface area contributed by atoms with Crippen molar-refractivity contribution in [2.45, 2.75) is 19.0 Å². The van der Waals surface area contributed by atoms with Crippen LogP contribution < -0.4 is 16.0 Å². The van der Waals surface area contributed by atoms with Crippen molar-refractivity contribution in [3.8, 4) is 0 Å². The largest absolute Gasteiger partial charge is 0.344 e. The minimum absolute atomic E-state index is 0.0717. The maximum Gasteiger partial charge on any atom is 0.315 e. The van der Waals surface area contributed by atoms with Gasteiger partial charge in [-0.05, 0) is 17.7 Å². The van der Waals surface area contributed by atoms with Gasteiger partial charge in [0, 0.05) is 25.0 Å². The zero-order valence-corrected chi connectivity index (χ0v) is 17.6. The predicted octanol–water partition coefficient (Wildman–Crippen LogP) is 0.850. The molecule has 168 valence electrons. The average molecular weight is 446 g/mol. The monoisotopic (exact) mass is 446 g/mol. The van der Waals surface area contributed by atoms with Crippen molar-refractivity contribution in [1.29, 1.82) is 0 Å². The Balaban J connectivity index is 1.61. The lowest BCUT2D eigenvalue weighted by Gasteiger charge is -2.18. The number of nitrogens with zero attached hydrogens (tertiary/aromatic N) is 3. The molecule has 0 radical (unpaired) electrons. The third-order valence-electron chi connectivity index (χ3n) is 4.54. The maximum atomic E-state index is 12.8. The summed E-state index contributed by atoms with van der Waals surface area (Å²) in [6.07, 6.45) is 5.76. The summed E-state index contributed by atoms with van der Waals surface area (Å²) in [5.41, 5.74) is 1.44. The normalized spacial score (nSPS) is 11.2. The van der Waals surface area contributed by atoms with E-state index in [4.69, 9.17) is 0 Å². The summed E-state index contributed by atoms with van der Waals surface area (Å²) < 4.78 is 0. The second-order valence-electron chi connectivity index (χ2n) is 6.95. The molecule has 10 heteroatoms. The molecule has 2 aromatic heterocycles. The van der Waals surface area contributed by atoms with Gasteiger partial charge >= 0.3 is 6.03 Å². The van der Waals surface area contributed by atoms with Gasteiger partial charge in [0.05, 0.1) is 25.0 Å². The number of urea groups is 1. The van der Waals surface area contributed by atoms with Crippen LogP contribution >= 0.6 is 0 Å². The Hall–Kier alpha value is -4.47. The second-order valence-corrected chi connectivity index (χ2v) is 6.95. The molecule has 1 aromatic carbocycles. The Morgan fingerprint density at radius 2 is 1.64 bits per heavy atom. The van der Waals surface area contributed by atoms with Gasteiger partial charge in [0.25, 0.3) is 5.91 Å². The number of pyridine rings is 1. The molecule has 0 fully saturated rings. The van der Waals surface area contributed by atoms with Gasteiger partial charge in [-0.15, -0.1) is 0 Å². The van der Waals surface area contributed by atoms with E-state index in [1.165, 1.54) is 18.6 Å². The fourth-order valence-corrected chi connectivity index (χ4v) is 2.88. The molecular formula is C23H22N6O4. The van der Waals surface area contributed by atoms with Crippen LogP contribution in [0.2, 0.25) is 0 Å². The van der Waals surface area contributed by atoms with E-state index in [9.17, 15) is 19.2 Å². The Labute approximate surface area is 189 Å². The third kappa shape index (κ3) is 7.31. The van der Waals surface area contributed by atoms with Gasteiger partial charge < -0.3 is 16.0 Å². The van der Waals surface area contributed by atoms with Crippen LogP contribution in [0.1, 0.15) is 21.7 Å². The van der Waals surface area contributed by atoms with Crippen LogP contribution in [0.5, 0.6) is 0 Å². The Kier molecular flexibility index (Phi) is 8.29. The molecule has 33 heavy (non-hydrogen) atoms. The SMILES string of the molecule is O=C(NCC(=O)c1cnccn1)N[C@H](Cc1ccccc1)C(=O)C(=O)NCc1ccccn1. The number of carbonyl (C=O) groups excluding carboxylic acids is 4. The first-order valence-electron chi connectivity index (χ1n) is 10.1. The van der Waals surface area contributed by atoms with E-state index in [2.05, 4.69) is 30.9 Å². The second kappa shape index (κ2) is 11.8. The first kappa shape index (κ1) is 23.2. The Morgan fingerprint density at radius 1 is 0.848 bits per heavy atom. The van der Waals surface area contributed by atoms with Crippen LogP contribution in [0.15, 0.2) is 73.3 Å². The van der Waals surface area contributed by atoms with E-state index in [1.54, 1.807) is 48.7 Å². The summed E-state index contributed by atoms with van der Waals surface area (Å²) in [7, 11) is 0. The van der Waals surface area contributed by atoms with Crippen LogP contribution in [0.4, 0.5) is 4.79 Å². The zero-order valence-electron chi connectivity index (χ0n) is 17.6. The smallest absolute Gasteiger partial charge is 0.315 e. The highest BCUT2D eigenvalue weighted by atomic mass is 16.2. The highest BCUT2D eigenvalue weighted by Crippen LogP contribution is 2.05. The minimum atomic E-state index is -1.14. The van der Waals surface area contributed by atoms with Crippen LogP contribution in [0, 0.1) is 0 Å². The van der Waals surface area contributed by atoms with Crippen molar-refractivity contribution in [3.63, 3.8) is 0 Å². The molecule has 3 rings (SSSR count). The number of ketones is 2. The molecule has 0 aliphatic rings. The number of hydrogen-bond acceptors (Lipinski definition) is 7. The zero-order chi connectivity index (χ0) is 23.5. The highest BCUT2D eigenvalue weighted by Gasteiger charge is 2.27. The summed E-state index contributed by atoms with van der Waals surface area (Å²) in [6.45, 7) is -0.273. The van der Waals surface area contributed by atoms with Crippen molar-refractivity contribution in [2.75, 3.05) is 6.54 Å². The van der Waals surface area contributed by atoms with Crippen molar-refractivity contribution in [3.05, 3.63) is 90.3 Å². The fraction of sp³-hybridized carbons (Fsp3) is 0.174. The number of amides is 3. The average Bonchev–Trinajstić information content (AvgIpc) is 2.86. The number of carbonyl (C=O) groups is 4.